The van der Waals surface area contributed by atoms with Crippen molar-refractivity contribution in [1.82, 2.24) is 4.90 Å². The Bertz CT molecular complexity index is 225. The number of hydrogen-bond donors (Lipinski definition) is 0. The lowest BCUT2D eigenvalue weighted by molar-refractivity contribution is -0.112. The lowest BCUT2D eigenvalue weighted by atomic mass is 10.1. The predicted molar refractivity (Wildman–Crippen MR) is 62.5 cm³/mol. The van der Waals surface area contributed by atoms with Crippen molar-refractivity contribution in [1.29, 1.82) is 0 Å². The minimum absolute atomic E-state index is 0.163. The highest BCUT2D eigenvalue weighted by atomic mass is 16.5. The Balaban J connectivity index is 2.47. The van der Waals surface area contributed by atoms with Gasteiger partial charge in [0.15, 0.2) is 0 Å². The number of carbonyl (C=O) groups excluding carboxylic acids is 1. The molecule has 0 radical (unpaired) electrons. The Morgan fingerprint density at radius 3 is 2.56 bits per heavy atom. The molecule has 0 unspecified atom stereocenters. The summed E-state index contributed by atoms with van der Waals surface area (Å²) in [4.78, 5) is 12.6. The molecule has 1 aliphatic heterocycles. The first kappa shape index (κ1) is 13.6. The van der Waals surface area contributed by atoms with Crippen LogP contribution >= 0.6 is 0 Å². The average molecular weight is 229 g/mol. The average Bonchev–Trinajstić information content (AvgIpc) is 2.61. The van der Waals surface area contributed by atoms with Crippen molar-refractivity contribution in [2.45, 2.75) is 32.4 Å². The molecule has 4 heteroatoms. The van der Waals surface area contributed by atoms with Gasteiger partial charge in [0.2, 0.25) is 0 Å². The quantitative estimate of drug-likeness (QED) is 0.519. The molecule has 0 aliphatic carbocycles. The summed E-state index contributed by atoms with van der Waals surface area (Å²) < 4.78 is 10.8. The standard InChI is InChI=1S/C12H23NO3/c1-12(2,3)13-7-10(9-16-6-5-14)11(8-13)15-4/h5,10-11H,6-9H2,1-4H3/t10-,11+/m0/s1. The van der Waals surface area contributed by atoms with Gasteiger partial charge >= 0.3 is 0 Å². The maximum Gasteiger partial charge on any atom is 0.145 e. The Morgan fingerprint density at radius 2 is 2.06 bits per heavy atom. The monoisotopic (exact) mass is 229 g/mol. The maximum atomic E-state index is 10.2. The number of aldehydes is 1. The Kier molecular flexibility index (Phi) is 4.89. The number of nitrogens with zero attached hydrogens (tertiary/aromatic N) is 1. The summed E-state index contributed by atoms with van der Waals surface area (Å²) in [6.45, 7) is 9.30. The van der Waals surface area contributed by atoms with Crippen molar-refractivity contribution in [3.05, 3.63) is 0 Å². The number of methoxy groups -OCH3 is 1. The van der Waals surface area contributed by atoms with Gasteiger partial charge in [-0.2, -0.15) is 0 Å². The van der Waals surface area contributed by atoms with Gasteiger partial charge in [0.05, 0.1) is 12.7 Å². The molecule has 16 heavy (non-hydrogen) atoms. The topological polar surface area (TPSA) is 38.8 Å². The maximum absolute atomic E-state index is 10.2. The van der Waals surface area contributed by atoms with Gasteiger partial charge in [-0.1, -0.05) is 0 Å². The van der Waals surface area contributed by atoms with Gasteiger partial charge < -0.3 is 14.3 Å². The fraction of sp³-hybridized carbons (Fsp3) is 0.917. The van der Waals surface area contributed by atoms with Crippen LogP contribution in [0.3, 0.4) is 0 Å². The number of likely N-dealkylation sites (tertiary alicyclic amines) is 1. The van der Waals surface area contributed by atoms with Crippen LogP contribution in [0.2, 0.25) is 0 Å². The lowest BCUT2D eigenvalue weighted by Crippen LogP contribution is -2.40. The second-order valence-electron chi connectivity index (χ2n) is 5.31. The lowest BCUT2D eigenvalue weighted by Gasteiger charge is -2.31. The molecule has 0 amide bonds. The van der Waals surface area contributed by atoms with Crippen molar-refractivity contribution in [3.8, 4) is 0 Å². The van der Waals surface area contributed by atoms with Crippen LogP contribution in [0.25, 0.3) is 0 Å². The first-order valence-corrected chi connectivity index (χ1v) is 5.78. The molecule has 0 N–H and O–H groups in total. The normalized spacial score (nSPS) is 27.2. The molecule has 1 rings (SSSR count). The number of ether oxygens (including phenoxy) is 2. The predicted octanol–water partition coefficient (Wildman–Crippen LogP) is 0.947. The fourth-order valence-electron chi connectivity index (χ4n) is 2.08. The van der Waals surface area contributed by atoms with E-state index in [0.29, 0.717) is 12.5 Å². The van der Waals surface area contributed by atoms with E-state index in [1.54, 1.807) is 7.11 Å². The molecule has 1 aliphatic rings. The number of carbonyl (C=O) groups is 1. The van der Waals surface area contributed by atoms with E-state index >= 15 is 0 Å². The highest BCUT2D eigenvalue weighted by molar-refractivity contribution is 5.50. The van der Waals surface area contributed by atoms with Crippen LogP contribution in [0.4, 0.5) is 0 Å². The summed E-state index contributed by atoms with van der Waals surface area (Å²) in [5, 5.41) is 0. The van der Waals surface area contributed by atoms with Crippen LogP contribution in [0.15, 0.2) is 0 Å². The third-order valence-corrected chi connectivity index (χ3v) is 3.15. The zero-order chi connectivity index (χ0) is 12.2. The SMILES string of the molecule is CO[C@@H]1CN(C(C)(C)C)C[C@H]1COCC=O. The second-order valence-corrected chi connectivity index (χ2v) is 5.31. The molecule has 1 saturated heterocycles. The van der Waals surface area contributed by atoms with E-state index < -0.39 is 0 Å². The van der Waals surface area contributed by atoms with Gasteiger partial charge in [0.1, 0.15) is 12.9 Å². The molecule has 94 valence electrons. The molecule has 4 nitrogen and oxygen atoms in total. The highest BCUT2D eigenvalue weighted by Crippen LogP contribution is 2.26. The Labute approximate surface area is 97.9 Å². The van der Waals surface area contributed by atoms with Gasteiger partial charge in [-0.05, 0) is 20.8 Å². The minimum atomic E-state index is 0.163. The first-order valence-electron chi connectivity index (χ1n) is 5.78. The summed E-state index contributed by atoms with van der Waals surface area (Å²) >= 11 is 0. The summed E-state index contributed by atoms with van der Waals surface area (Å²) in [5.41, 5.74) is 0.163. The first-order chi connectivity index (χ1) is 7.49. The van der Waals surface area contributed by atoms with Crippen LogP contribution in [0.5, 0.6) is 0 Å². The van der Waals surface area contributed by atoms with Crippen LogP contribution in [-0.2, 0) is 14.3 Å². The largest absolute Gasteiger partial charge is 0.380 e. The summed E-state index contributed by atoms with van der Waals surface area (Å²) in [6, 6.07) is 0. The Morgan fingerprint density at radius 1 is 1.38 bits per heavy atom. The van der Waals surface area contributed by atoms with Crippen LogP contribution in [-0.4, -0.2) is 56.2 Å². The number of rotatable bonds is 5. The van der Waals surface area contributed by atoms with Crippen molar-refractivity contribution < 1.29 is 14.3 Å². The molecular weight excluding hydrogens is 206 g/mol. The van der Waals surface area contributed by atoms with Crippen molar-refractivity contribution in [2.24, 2.45) is 5.92 Å². The molecular formula is C12H23NO3. The van der Waals surface area contributed by atoms with Gasteiger partial charge in [0, 0.05) is 31.7 Å². The van der Waals surface area contributed by atoms with Gasteiger partial charge in [-0.15, -0.1) is 0 Å². The Hall–Kier alpha value is -0.450. The molecule has 0 bridgehead atoms. The van der Waals surface area contributed by atoms with Crippen molar-refractivity contribution in [3.63, 3.8) is 0 Å². The smallest absolute Gasteiger partial charge is 0.145 e. The molecule has 0 aromatic carbocycles. The fourth-order valence-corrected chi connectivity index (χ4v) is 2.08. The molecule has 1 heterocycles. The van der Waals surface area contributed by atoms with Crippen LogP contribution < -0.4 is 0 Å². The second kappa shape index (κ2) is 5.75. The van der Waals surface area contributed by atoms with Gasteiger partial charge in [0.25, 0.3) is 0 Å². The molecule has 0 saturated carbocycles. The van der Waals surface area contributed by atoms with Crippen LogP contribution in [0.1, 0.15) is 20.8 Å². The van der Waals surface area contributed by atoms with Crippen LogP contribution in [0, 0.1) is 5.92 Å². The van der Waals surface area contributed by atoms with E-state index in [1.807, 2.05) is 0 Å². The van der Waals surface area contributed by atoms with E-state index in [1.165, 1.54) is 0 Å². The molecule has 0 aromatic rings. The van der Waals surface area contributed by atoms with Gasteiger partial charge in [-0.3, -0.25) is 4.90 Å². The van der Waals surface area contributed by atoms with E-state index in [9.17, 15) is 4.79 Å². The number of hydrogen-bond acceptors (Lipinski definition) is 4. The summed E-state index contributed by atoms with van der Waals surface area (Å²) in [5.74, 6) is 0.365. The highest BCUT2D eigenvalue weighted by Gasteiger charge is 2.37. The van der Waals surface area contributed by atoms with E-state index in [2.05, 4.69) is 25.7 Å². The van der Waals surface area contributed by atoms with E-state index in [0.717, 1.165) is 19.4 Å². The molecule has 2 atom stereocenters. The van der Waals surface area contributed by atoms with E-state index in [-0.39, 0.29) is 18.2 Å². The molecule has 0 aromatic heterocycles. The zero-order valence-corrected chi connectivity index (χ0v) is 10.7. The zero-order valence-electron chi connectivity index (χ0n) is 10.7. The third kappa shape index (κ3) is 3.54. The molecule has 1 fully saturated rings. The molecule has 0 spiro atoms. The summed E-state index contributed by atoms with van der Waals surface area (Å²) in [7, 11) is 1.74. The van der Waals surface area contributed by atoms with E-state index in [4.69, 9.17) is 9.47 Å². The van der Waals surface area contributed by atoms with Crippen molar-refractivity contribution >= 4 is 6.29 Å². The van der Waals surface area contributed by atoms with Crippen molar-refractivity contribution in [2.75, 3.05) is 33.4 Å². The minimum Gasteiger partial charge on any atom is -0.380 e. The third-order valence-electron chi connectivity index (χ3n) is 3.15. The summed E-state index contributed by atoms with van der Waals surface area (Å²) in [6.07, 6.45) is 1.00. The van der Waals surface area contributed by atoms with Gasteiger partial charge in [-0.25, -0.2) is 0 Å².